The molecule has 16 heavy (non-hydrogen) atoms. The summed E-state index contributed by atoms with van der Waals surface area (Å²) in [6, 6.07) is 15.1. The van der Waals surface area contributed by atoms with Crippen LogP contribution < -0.4 is 0 Å². The fourth-order valence-corrected chi connectivity index (χ4v) is 1.66. The van der Waals surface area contributed by atoms with E-state index in [1.54, 1.807) is 5.56 Å². The van der Waals surface area contributed by atoms with Gasteiger partial charge in [-0.1, -0.05) is 59.2 Å². The Labute approximate surface area is 97.9 Å². The molecular weight excluding hydrogens is 192 g/mol. The smallest absolute Gasteiger partial charge is 0.00200 e. The van der Waals surface area contributed by atoms with Gasteiger partial charge in [-0.2, -0.15) is 0 Å². The second-order valence-corrected chi connectivity index (χ2v) is 4.60. The first-order valence-corrected chi connectivity index (χ1v) is 5.77. The Morgan fingerprint density at radius 3 is 1.56 bits per heavy atom. The fourth-order valence-electron chi connectivity index (χ4n) is 1.66. The number of hydrogen-bond donors (Lipinski definition) is 0. The van der Waals surface area contributed by atoms with E-state index in [0.29, 0.717) is 0 Å². The quantitative estimate of drug-likeness (QED) is 0.521. The molecule has 0 amide bonds. The van der Waals surface area contributed by atoms with Crippen LogP contribution in [0.4, 0.5) is 0 Å². The third-order valence-corrected chi connectivity index (χ3v) is 2.84. The van der Waals surface area contributed by atoms with Crippen molar-refractivity contribution in [3.05, 3.63) is 70.3 Å². The summed E-state index contributed by atoms with van der Waals surface area (Å²) in [5.74, 6) is 0. The van der Waals surface area contributed by atoms with Crippen molar-refractivity contribution >= 4 is 0 Å². The van der Waals surface area contributed by atoms with Crippen LogP contribution in [0, 0.1) is 20.8 Å². The SMILES string of the molecule is Cc1ccc(C)cc1.Cc1ccc2c(c1)C2. The molecule has 0 bridgehead atoms. The molecular formula is C16H18. The summed E-state index contributed by atoms with van der Waals surface area (Å²) in [6.45, 7) is 6.33. The summed E-state index contributed by atoms with van der Waals surface area (Å²) in [5, 5.41) is 0. The topological polar surface area (TPSA) is 0 Å². The van der Waals surface area contributed by atoms with Crippen LogP contribution in [-0.2, 0) is 6.42 Å². The van der Waals surface area contributed by atoms with Crippen LogP contribution >= 0.6 is 0 Å². The van der Waals surface area contributed by atoms with Crippen molar-refractivity contribution in [2.45, 2.75) is 27.2 Å². The van der Waals surface area contributed by atoms with Crippen molar-refractivity contribution < 1.29 is 0 Å². The Kier molecular flexibility index (Phi) is 3.09. The van der Waals surface area contributed by atoms with Gasteiger partial charge in [0.15, 0.2) is 0 Å². The number of aryl methyl sites for hydroxylation is 3. The Bertz CT molecular complexity index is 446. The molecule has 82 valence electrons. The molecule has 2 aromatic rings. The molecule has 3 rings (SSSR count). The number of fused-ring (bicyclic) bond motifs is 1. The fraction of sp³-hybridized carbons (Fsp3) is 0.250. The Morgan fingerprint density at radius 1 is 0.625 bits per heavy atom. The number of rotatable bonds is 0. The lowest BCUT2D eigenvalue weighted by Gasteiger charge is -1.90. The van der Waals surface area contributed by atoms with Crippen molar-refractivity contribution in [2.75, 3.05) is 0 Å². The van der Waals surface area contributed by atoms with Crippen LogP contribution in [-0.4, -0.2) is 0 Å². The molecule has 1 aliphatic rings. The van der Waals surface area contributed by atoms with E-state index in [-0.39, 0.29) is 0 Å². The van der Waals surface area contributed by atoms with Gasteiger partial charge in [-0.15, -0.1) is 0 Å². The van der Waals surface area contributed by atoms with E-state index in [4.69, 9.17) is 0 Å². The highest BCUT2D eigenvalue weighted by molar-refractivity contribution is 5.46. The minimum atomic E-state index is 1.24. The van der Waals surface area contributed by atoms with Crippen molar-refractivity contribution in [3.8, 4) is 0 Å². The summed E-state index contributed by atoms with van der Waals surface area (Å²) in [5.41, 5.74) is 7.13. The Morgan fingerprint density at radius 2 is 1.12 bits per heavy atom. The minimum Gasteiger partial charge on any atom is -0.0591 e. The van der Waals surface area contributed by atoms with Crippen molar-refractivity contribution in [1.82, 2.24) is 0 Å². The van der Waals surface area contributed by atoms with Crippen molar-refractivity contribution in [1.29, 1.82) is 0 Å². The van der Waals surface area contributed by atoms with Crippen molar-refractivity contribution in [2.24, 2.45) is 0 Å². The van der Waals surface area contributed by atoms with E-state index in [9.17, 15) is 0 Å². The van der Waals surface area contributed by atoms with E-state index >= 15 is 0 Å². The highest BCUT2D eigenvalue weighted by atomic mass is 14.2. The molecule has 0 aliphatic heterocycles. The van der Waals surface area contributed by atoms with Crippen molar-refractivity contribution in [3.63, 3.8) is 0 Å². The molecule has 0 saturated heterocycles. The van der Waals surface area contributed by atoms with Crippen LogP contribution in [0.5, 0.6) is 0 Å². The maximum atomic E-state index is 2.26. The zero-order valence-corrected chi connectivity index (χ0v) is 10.2. The molecule has 0 heteroatoms. The van der Waals surface area contributed by atoms with Gasteiger partial charge in [-0.05, 0) is 38.3 Å². The Hall–Kier alpha value is -1.56. The first kappa shape index (κ1) is 10.9. The average Bonchev–Trinajstić information content (AvgIpc) is 3.01. The van der Waals surface area contributed by atoms with Gasteiger partial charge in [0.2, 0.25) is 0 Å². The van der Waals surface area contributed by atoms with Gasteiger partial charge in [-0.25, -0.2) is 0 Å². The Balaban J connectivity index is 0.000000120. The van der Waals surface area contributed by atoms with Gasteiger partial charge in [0.1, 0.15) is 0 Å². The molecule has 1 aliphatic carbocycles. The van der Waals surface area contributed by atoms with E-state index in [0.717, 1.165) is 0 Å². The first-order valence-electron chi connectivity index (χ1n) is 5.77. The van der Waals surface area contributed by atoms with Crippen LogP contribution in [0.3, 0.4) is 0 Å². The number of hydrogen-bond acceptors (Lipinski definition) is 0. The molecule has 0 aromatic heterocycles. The predicted molar refractivity (Wildman–Crippen MR) is 69.9 cm³/mol. The third-order valence-electron chi connectivity index (χ3n) is 2.84. The second kappa shape index (κ2) is 4.52. The zero-order chi connectivity index (χ0) is 11.5. The largest absolute Gasteiger partial charge is 0.0591 e. The van der Waals surface area contributed by atoms with E-state index in [2.05, 4.69) is 63.2 Å². The lowest BCUT2D eigenvalue weighted by atomic mass is 10.2. The molecule has 2 aromatic carbocycles. The summed E-state index contributed by atoms with van der Waals surface area (Å²) >= 11 is 0. The summed E-state index contributed by atoms with van der Waals surface area (Å²) in [6.07, 6.45) is 1.24. The monoisotopic (exact) mass is 210 g/mol. The summed E-state index contributed by atoms with van der Waals surface area (Å²) in [4.78, 5) is 0. The van der Waals surface area contributed by atoms with Crippen LogP contribution in [0.1, 0.15) is 27.8 Å². The third kappa shape index (κ3) is 2.96. The van der Waals surface area contributed by atoms with Gasteiger partial charge in [0, 0.05) is 0 Å². The molecule has 0 nitrogen and oxygen atoms in total. The van der Waals surface area contributed by atoms with E-state index in [1.807, 2.05) is 0 Å². The second-order valence-electron chi connectivity index (χ2n) is 4.60. The molecule has 0 unspecified atom stereocenters. The van der Waals surface area contributed by atoms with Gasteiger partial charge in [0.25, 0.3) is 0 Å². The van der Waals surface area contributed by atoms with Gasteiger partial charge in [-0.3, -0.25) is 0 Å². The molecule has 0 atom stereocenters. The summed E-state index contributed by atoms with van der Waals surface area (Å²) in [7, 11) is 0. The zero-order valence-electron chi connectivity index (χ0n) is 10.2. The van der Waals surface area contributed by atoms with Crippen LogP contribution in [0.15, 0.2) is 42.5 Å². The molecule has 0 spiro atoms. The number of benzene rings is 2. The normalized spacial score (nSPS) is 11.2. The van der Waals surface area contributed by atoms with Gasteiger partial charge >= 0.3 is 0 Å². The molecule has 0 fully saturated rings. The molecule has 0 saturated carbocycles. The van der Waals surface area contributed by atoms with Crippen LogP contribution in [0.25, 0.3) is 0 Å². The van der Waals surface area contributed by atoms with Gasteiger partial charge in [0.05, 0.1) is 0 Å². The summed E-state index contributed by atoms with van der Waals surface area (Å²) < 4.78 is 0. The highest BCUT2D eigenvalue weighted by Crippen LogP contribution is 2.27. The minimum absolute atomic E-state index is 1.24. The maximum absolute atomic E-state index is 2.26. The lowest BCUT2D eigenvalue weighted by Crippen LogP contribution is -1.70. The first-order chi connectivity index (χ1) is 7.65. The average molecular weight is 210 g/mol. The molecule has 0 radical (unpaired) electrons. The van der Waals surface area contributed by atoms with E-state index in [1.165, 1.54) is 28.7 Å². The lowest BCUT2D eigenvalue weighted by molar-refractivity contribution is 1.40. The maximum Gasteiger partial charge on any atom is -0.00200 e. The van der Waals surface area contributed by atoms with E-state index < -0.39 is 0 Å². The molecule has 0 heterocycles. The standard InChI is InChI=1S/C8H8.C8H10/c1-6-2-3-7-5-8(7)4-6;1-7-3-5-8(2)6-4-7/h2-4H,5H2,1H3;3-6H,1-2H3. The molecule has 0 N–H and O–H groups in total. The van der Waals surface area contributed by atoms with Gasteiger partial charge < -0.3 is 0 Å². The predicted octanol–water partition coefficient (Wildman–Crippen LogP) is 4.20. The highest BCUT2D eigenvalue weighted by Gasteiger charge is 2.14. The van der Waals surface area contributed by atoms with Crippen LogP contribution in [0.2, 0.25) is 0 Å².